The van der Waals surface area contributed by atoms with Crippen molar-refractivity contribution in [3.05, 3.63) is 35.1 Å². The van der Waals surface area contributed by atoms with Crippen LogP contribution in [0.5, 0.6) is 0 Å². The molecule has 1 aromatic carbocycles. The molecule has 5 heteroatoms. The highest BCUT2D eigenvalue weighted by atomic mass is 19.2. The minimum Gasteiger partial charge on any atom is -0.329 e. The molecule has 13 heavy (non-hydrogen) atoms. The predicted octanol–water partition coefficient (Wildman–Crippen LogP) is 1.06. The fourth-order valence-corrected chi connectivity index (χ4v) is 0.973. The van der Waals surface area contributed by atoms with Gasteiger partial charge in [0.05, 0.1) is 0 Å². The van der Waals surface area contributed by atoms with Crippen LogP contribution < -0.4 is 11.5 Å². The summed E-state index contributed by atoms with van der Waals surface area (Å²) in [6, 6.07) is 0.420. The van der Waals surface area contributed by atoms with Crippen LogP contribution in [0.1, 0.15) is 11.6 Å². The zero-order valence-corrected chi connectivity index (χ0v) is 6.73. The second-order valence-electron chi connectivity index (χ2n) is 2.63. The quantitative estimate of drug-likeness (QED) is 0.685. The Morgan fingerprint density at radius 3 is 2.38 bits per heavy atom. The molecule has 1 aromatic rings. The Labute approximate surface area is 73.3 Å². The summed E-state index contributed by atoms with van der Waals surface area (Å²) in [5.74, 6) is -3.25. The lowest BCUT2D eigenvalue weighted by molar-refractivity contribution is 0.475. The van der Waals surface area contributed by atoms with E-state index in [1.165, 1.54) is 0 Å². The van der Waals surface area contributed by atoms with Gasteiger partial charge in [0.15, 0.2) is 11.6 Å². The molecule has 0 aromatic heterocycles. The van der Waals surface area contributed by atoms with Gasteiger partial charge >= 0.3 is 0 Å². The van der Waals surface area contributed by atoms with E-state index in [9.17, 15) is 13.2 Å². The van der Waals surface area contributed by atoms with Crippen LogP contribution >= 0.6 is 0 Å². The number of rotatable bonds is 2. The monoisotopic (exact) mass is 190 g/mol. The maximum Gasteiger partial charge on any atom is 0.163 e. The Morgan fingerprint density at radius 2 is 1.85 bits per heavy atom. The zero-order chi connectivity index (χ0) is 10.0. The molecule has 0 aliphatic carbocycles. The summed E-state index contributed by atoms with van der Waals surface area (Å²) in [5.41, 5.74) is 10.2. The molecular formula is C8H9F3N2. The summed E-state index contributed by atoms with van der Waals surface area (Å²) >= 11 is 0. The van der Waals surface area contributed by atoms with Gasteiger partial charge in [-0.05, 0) is 6.07 Å². The fourth-order valence-electron chi connectivity index (χ4n) is 0.973. The first-order valence-electron chi connectivity index (χ1n) is 3.66. The van der Waals surface area contributed by atoms with Crippen molar-refractivity contribution in [2.45, 2.75) is 6.04 Å². The van der Waals surface area contributed by atoms with E-state index in [2.05, 4.69) is 0 Å². The molecule has 0 heterocycles. The molecule has 2 nitrogen and oxygen atoms in total. The van der Waals surface area contributed by atoms with Gasteiger partial charge in [-0.15, -0.1) is 0 Å². The molecule has 1 rings (SSSR count). The lowest BCUT2D eigenvalue weighted by Crippen LogP contribution is -2.22. The van der Waals surface area contributed by atoms with Crippen LogP contribution in [0.25, 0.3) is 0 Å². The maximum absolute atomic E-state index is 12.9. The van der Waals surface area contributed by atoms with Crippen molar-refractivity contribution in [2.24, 2.45) is 11.5 Å². The summed E-state index contributed by atoms with van der Waals surface area (Å²) in [6.45, 7) is -0.0696. The molecule has 0 aliphatic rings. The van der Waals surface area contributed by atoms with Crippen molar-refractivity contribution in [3.8, 4) is 0 Å². The average Bonchev–Trinajstić information content (AvgIpc) is 2.10. The van der Waals surface area contributed by atoms with Crippen LogP contribution in [-0.4, -0.2) is 6.54 Å². The van der Waals surface area contributed by atoms with Crippen LogP contribution in [0.4, 0.5) is 13.2 Å². The van der Waals surface area contributed by atoms with Crippen molar-refractivity contribution in [1.82, 2.24) is 0 Å². The summed E-state index contributed by atoms with van der Waals surface area (Å²) in [4.78, 5) is 0. The molecule has 0 radical (unpaired) electrons. The standard InChI is InChI=1S/C8H9F3N2/c9-4-1-5(7(13)3-12)8(11)6(10)2-4/h1-2,7H,3,12-13H2/t7-/m0/s1. The summed E-state index contributed by atoms with van der Waals surface area (Å²) in [5, 5.41) is 0. The molecule has 72 valence electrons. The van der Waals surface area contributed by atoms with Gasteiger partial charge in [0.2, 0.25) is 0 Å². The van der Waals surface area contributed by atoms with Crippen LogP contribution in [0, 0.1) is 17.5 Å². The van der Waals surface area contributed by atoms with Gasteiger partial charge < -0.3 is 11.5 Å². The molecule has 0 spiro atoms. The van der Waals surface area contributed by atoms with Gasteiger partial charge in [-0.2, -0.15) is 0 Å². The van der Waals surface area contributed by atoms with E-state index in [0.29, 0.717) is 6.07 Å². The van der Waals surface area contributed by atoms with Gasteiger partial charge in [0.1, 0.15) is 5.82 Å². The van der Waals surface area contributed by atoms with Crippen molar-refractivity contribution in [1.29, 1.82) is 0 Å². The molecule has 0 fully saturated rings. The van der Waals surface area contributed by atoms with Crippen molar-refractivity contribution in [3.63, 3.8) is 0 Å². The number of benzene rings is 1. The summed E-state index contributed by atoms with van der Waals surface area (Å²) < 4.78 is 38.2. The van der Waals surface area contributed by atoms with E-state index in [1.807, 2.05) is 0 Å². The molecule has 4 N–H and O–H groups in total. The van der Waals surface area contributed by atoms with E-state index in [-0.39, 0.29) is 12.1 Å². The number of hydrogen-bond acceptors (Lipinski definition) is 2. The minimum atomic E-state index is -1.25. The number of halogens is 3. The third kappa shape index (κ3) is 1.99. The third-order valence-electron chi connectivity index (χ3n) is 1.67. The summed E-state index contributed by atoms with van der Waals surface area (Å²) in [7, 11) is 0. The Bertz CT molecular complexity index is 315. The lowest BCUT2D eigenvalue weighted by atomic mass is 10.1. The Hall–Kier alpha value is -1.07. The SMILES string of the molecule is NC[C@H](N)c1cc(F)cc(F)c1F. The van der Waals surface area contributed by atoms with E-state index < -0.39 is 23.5 Å². The van der Waals surface area contributed by atoms with Crippen LogP contribution in [0.2, 0.25) is 0 Å². The van der Waals surface area contributed by atoms with Gasteiger partial charge in [-0.3, -0.25) is 0 Å². The Balaban J connectivity index is 3.20. The first-order valence-corrected chi connectivity index (χ1v) is 3.66. The van der Waals surface area contributed by atoms with Gasteiger partial charge in [-0.25, -0.2) is 13.2 Å². The highest BCUT2D eigenvalue weighted by molar-refractivity contribution is 5.23. The lowest BCUT2D eigenvalue weighted by Gasteiger charge is -2.10. The van der Waals surface area contributed by atoms with Crippen molar-refractivity contribution < 1.29 is 13.2 Å². The molecule has 0 saturated carbocycles. The van der Waals surface area contributed by atoms with Crippen LogP contribution in [0.3, 0.4) is 0 Å². The normalized spacial score (nSPS) is 13.0. The first kappa shape index (κ1) is 10.0. The first-order chi connectivity index (χ1) is 6.06. The van der Waals surface area contributed by atoms with Crippen molar-refractivity contribution in [2.75, 3.05) is 6.54 Å². The Morgan fingerprint density at radius 1 is 1.23 bits per heavy atom. The van der Waals surface area contributed by atoms with E-state index in [4.69, 9.17) is 11.5 Å². The number of hydrogen-bond donors (Lipinski definition) is 2. The molecule has 0 unspecified atom stereocenters. The average molecular weight is 190 g/mol. The van der Waals surface area contributed by atoms with Gasteiger partial charge in [-0.1, -0.05) is 0 Å². The highest BCUT2D eigenvalue weighted by Gasteiger charge is 2.15. The summed E-state index contributed by atoms with van der Waals surface area (Å²) in [6.07, 6.45) is 0. The largest absolute Gasteiger partial charge is 0.329 e. The molecule has 1 atom stereocenters. The minimum absolute atomic E-state index is 0.0696. The predicted molar refractivity (Wildman–Crippen MR) is 42.3 cm³/mol. The second kappa shape index (κ2) is 3.76. The zero-order valence-electron chi connectivity index (χ0n) is 6.73. The number of nitrogens with two attached hydrogens (primary N) is 2. The highest BCUT2D eigenvalue weighted by Crippen LogP contribution is 2.18. The smallest absolute Gasteiger partial charge is 0.163 e. The molecule has 0 aliphatic heterocycles. The Kier molecular flexibility index (Phi) is 2.90. The second-order valence-corrected chi connectivity index (χ2v) is 2.63. The van der Waals surface area contributed by atoms with Crippen LogP contribution in [0.15, 0.2) is 12.1 Å². The molecule has 0 saturated heterocycles. The van der Waals surface area contributed by atoms with Crippen LogP contribution in [-0.2, 0) is 0 Å². The fraction of sp³-hybridized carbons (Fsp3) is 0.250. The van der Waals surface area contributed by atoms with E-state index in [1.54, 1.807) is 0 Å². The molecule has 0 amide bonds. The van der Waals surface area contributed by atoms with E-state index in [0.717, 1.165) is 6.07 Å². The maximum atomic E-state index is 12.9. The van der Waals surface area contributed by atoms with Gasteiger partial charge in [0, 0.05) is 24.2 Å². The van der Waals surface area contributed by atoms with Gasteiger partial charge in [0.25, 0.3) is 0 Å². The topological polar surface area (TPSA) is 52.0 Å². The van der Waals surface area contributed by atoms with E-state index >= 15 is 0 Å². The molecular weight excluding hydrogens is 181 g/mol. The molecule has 0 bridgehead atoms. The van der Waals surface area contributed by atoms with Crippen molar-refractivity contribution >= 4 is 0 Å². The third-order valence-corrected chi connectivity index (χ3v) is 1.67.